The summed E-state index contributed by atoms with van der Waals surface area (Å²) in [6.07, 6.45) is 1.44. The highest BCUT2D eigenvalue weighted by atomic mass is 19.1. The number of amides is 1. The first kappa shape index (κ1) is 21.0. The number of carbonyl (C=O) groups is 1. The SMILES string of the molecule is CN(Cc1ccc(F)cc1)C(=O)c1cc(-c2ccnn2-c2ccccc2F)c(O)cc1O. The lowest BCUT2D eigenvalue weighted by molar-refractivity contribution is 0.0782. The fraction of sp³-hybridized carbons (Fsp3) is 0.0833. The van der Waals surface area contributed by atoms with Crippen LogP contribution in [0, 0.1) is 11.6 Å². The molecule has 0 aliphatic carbocycles. The van der Waals surface area contributed by atoms with Gasteiger partial charge in [0.25, 0.3) is 5.91 Å². The van der Waals surface area contributed by atoms with Crippen LogP contribution < -0.4 is 0 Å². The first-order chi connectivity index (χ1) is 15.3. The number of nitrogens with zero attached hydrogens (tertiary/aromatic N) is 3. The van der Waals surface area contributed by atoms with Crippen LogP contribution in [0.1, 0.15) is 15.9 Å². The van der Waals surface area contributed by atoms with Gasteiger partial charge in [-0.1, -0.05) is 24.3 Å². The van der Waals surface area contributed by atoms with Crippen LogP contribution >= 0.6 is 0 Å². The average molecular weight is 435 g/mol. The Kier molecular flexibility index (Phi) is 5.59. The molecule has 0 aliphatic heterocycles. The number of phenols is 2. The summed E-state index contributed by atoms with van der Waals surface area (Å²) in [7, 11) is 1.54. The zero-order valence-electron chi connectivity index (χ0n) is 17.0. The molecule has 1 amide bonds. The molecule has 0 fully saturated rings. The quantitative estimate of drug-likeness (QED) is 0.484. The Morgan fingerprint density at radius 1 is 1.00 bits per heavy atom. The maximum Gasteiger partial charge on any atom is 0.257 e. The van der Waals surface area contributed by atoms with Gasteiger partial charge in [0.05, 0.1) is 17.5 Å². The third-order valence-electron chi connectivity index (χ3n) is 5.02. The van der Waals surface area contributed by atoms with Crippen LogP contribution in [0.25, 0.3) is 16.9 Å². The van der Waals surface area contributed by atoms with Crippen molar-refractivity contribution < 1.29 is 23.8 Å². The molecule has 0 aliphatic rings. The molecule has 3 aromatic carbocycles. The van der Waals surface area contributed by atoms with Crippen LogP contribution in [0.15, 0.2) is 72.9 Å². The largest absolute Gasteiger partial charge is 0.507 e. The molecule has 32 heavy (non-hydrogen) atoms. The number of para-hydroxylation sites is 1. The van der Waals surface area contributed by atoms with Gasteiger partial charge in [0.2, 0.25) is 0 Å². The molecule has 0 spiro atoms. The Balaban J connectivity index is 1.70. The molecule has 8 heteroatoms. The number of rotatable bonds is 5. The summed E-state index contributed by atoms with van der Waals surface area (Å²) >= 11 is 0. The van der Waals surface area contributed by atoms with E-state index in [4.69, 9.17) is 0 Å². The molecule has 1 aromatic heterocycles. The molecule has 0 unspecified atom stereocenters. The van der Waals surface area contributed by atoms with E-state index in [0.29, 0.717) is 11.3 Å². The lowest BCUT2D eigenvalue weighted by Crippen LogP contribution is -2.26. The fourth-order valence-corrected chi connectivity index (χ4v) is 3.42. The summed E-state index contributed by atoms with van der Waals surface area (Å²) in [4.78, 5) is 14.4. The summed E-state index contributed by atoms with van der Waals surface area (Å²) in [5, 5.41) is 24.9. The van der Waals surface area contributed by atoms with E-state index in [2.05, 4.69) is 5.10 Å². The van der Waals surface area contributed by atoms with Crippen LogP contribution in [-0.2, 0) is 6.54 Å². The minimum atomic E-state index is -0.509. The Morgan fingerprint density at radius 3 is 2.44 bits per heavy atom. The third-order valence-corrected chi connectivity index (χ3v) is 5.02. The van der Waals surface area contributed by atoms with Crippen LogP contribution in [0.3, 0.4) is 0 Å². The van der Waals surface area contributed by atoms with Gasteiger partial charge in [-0.2, -0.15) is 5.10 Å². The first-order valence-electron chi connectivity index (χ1n) is 9.70. The van der Waals surface area contributed by atoms with E-state index in [1.807, 2.05) is 0 Å². The van der Waals surface area contributed by atoms with Crippen molar-refractivity contribution in [2.45, 2.75) is 6.54 Å². The highest BCUT2D eigenvalue weighted by Crippen LogP contribution is 2.36. The maximum absolute atomic E-state index is 14.3. The molecule has 0 atom stereocenters. The van der Waals surface area contributed by atoms with Crippen molar-refractivity contribution in [2.75, 3.05) is 7.05 Å². The Labute approximate surface area is 182 Å². The second-order valence-electron chi connectivity index (χ2n) is 7.25. The number of carbonyl (C=O) groups excluding carboxylic acids is 1. The monoisotopic (exact) mass is 435 g/mol. The lowest BCUT2D eigenvalue weighted by atomic mass is 10.0. The van der Waals surface area contributed by atoms with Gasteiger partial charge in [-0.05, 0) is 42.0 Å². The Hall–Kier alpha value is -4.20. The van der Waals surface area contributed by atoms with Crippen molar-refractivity contribution >= 4 is 5.91 Å². The van der Waals surface area contributed by atoms with Gasteiger partial charge in [0, 0.05) is 25.2 Å². The molecule has 1 heterocycles. The topological polar surface area (TPSA) is 78.6 Å². The van der Waals surface area contributed by atoms with Crippen molar-refractivity contribution in [1.29, 1.82) is 0 Å². The number of halogens is 2. The number of aromatic nitrogens is 2. The number of aromatic hydroxyl groups is 2. The summed E-state index contributed by atoms with van der Waals surface area (Å²) < 4.78 is 28.7. The van der Waals surface area contributed by atoms with Crippen molar-refractivity contribution in [3.8, 4) is 28.4 Å². The molecule has 0 saturated carbocycles. The first-order valence-corrected chi connectivity index (χ1v) is 9.70. The zero-order chi connectivity index (χ0) is 22.8. The smallest absolute Gasteiger partial charge is 0.257 e. The summed E-state index contributed by atoms with van der Waals surface area (Å²) in [6.45, 7) is 0.182. The molecule has 4 rings (SSSR count). The molecule has 162 valence electrons. The van der Waals surface area contributed by atoms with Crippen molar-refractivity contribution in [1.82, 2.24) is 14.7 Å². The van der Waals surface area contributed by atoms with Gasteiger partial charge in [-0.3, -0.25) is 4.79 Å². The van der Waals surface area contributed by atoms with Crippen LogP contribution in [0.5, 0.6) is 11.5 Å². The molecule has 2 N–H and O–H groups in total. The van der Waals surface area contributed by atoms with Crippen LogP contribution in [-0.4, -0.2) is 37.8 Å². The van der Waals surface area contributed by atoms with Gasteiger partial charge in [0.1, 0.15) is 28.8 Å². The van der Waals surface area contributed by atoms with E-state index in [1.165, 1.54) is 46.1 Å². The molecule has 4 aromatic rings. The minimum Gasteiger partial charge on any atom is -0.507 e. The summed E-state index contributed by atoms with van der Waals surface area (Å²) in [6, 6.07) is 15.7. The van der Waals surface area contributed by atoms with Crippen molar-refractivity contribution in [2.24, 2.45) is 0 Å². The van der Waals surface area contributed by atoms with E-state index >= 15 is 0 Å². The van der Waals surface area contributed by atoms with E-state index < -0.39 is 17.5 Å². The van der Waals surface area contributed by atoms with Gasteiger partial charge < -0.3 is 15.1 Å². The third kappa shape index (κ3) is 4.02. The molecule has 0 saturated heterocycles. The Morgan fingerprint density at radius 2 is 1.72 bits per heavy atom. The maximum atomic E-state index is 14.3. The lowest BCUT2D eigenvalue weighted by Gasteiger charge is -2.19. The number of benzene rings is 3. The normalized spacial score (nSPS) is 10.8. The van der Waals surface area contributed by atoms with Gasteiger partial charge in [-0.25, -0.2) is 13.5 Å². The molecular weight excluding hydrogens is 416 g/mol. The molecule has 6 nitrogen and oxygen atoms in total. The number of hydrogen-bond donors (Lipinski definition) is 2. The second kappa shape index (κ2) is 8.50. The second-order valence-corrected chi connectivity index (χ2v) is 7.25. The minimum absolute atomic E-state index is 0.0521. The number of phenolic OH excluding ortho intramolecular Hbond substituents is 2. The highest BCUT2D eigenvalue weighted by molar-refractivity contribution is 5.98. The van der Waals surface area contributed by atoms with Crippen molar-refractivity contribution in [3.05, 3.63) is 95.7 Å². The Bertz CT molecular complexity index is 1290. The van der Waals surface area contributed by atoms with Crippen LogP contribution in [0.4, 0.5) is 8.78 Å². The van der Waals surface area contributed by atoms with Crippen LogP contribution in [0.2, 0.25) is 0 Å². The highest BCUT2D eigenvalue weighted by Gasteiger charge is 2.22. The predicted octanol–water partition coefficient (Wildman–Crippen LogP) is 4.50. The summed E-state index contributed by atoms with van der Waals surface area (Å²) in [5.74, 6) is -2.09. The van der Waals surface area contributed by atoms with Gasteiger partial charge in [-0.15, -0.1) is 0 Å². The van der Waals surface area contributed by atoms with E-state index in [0.717, 1.165) is 6.07 Å². The predicted molar refractivity (Wildman–Crippen MR) is 114 cm³/mol. The molecule has 0 bridgehead atoms. The zero-order valence-corrected chi connectivity index (χ0v) is 17.0. The number of hydrogen-bond acceptors (Lipinski definition) is 4. The van der Waals surface area contributed by atoms with Crippen molar-refractivity contribution in [3.63, 3.8) is 0 Å². The van der Waals surface area contributed by atoms with E-state index in [-0.39, 0.29) is 34.9 Å². The fourth-order valence-electron chi connectivity index (χ4n) is 3.42. The van der Waals surface area contributed by atoms with Gasteiger partial charge >= 0.3 is 0 Å². The molecule has 0 radical (unpaired) electrons. The molecular formula is C24H19F2N3O3. The average Bonchev–Trinajstić information content (AvgIpc) is 3.24. The van der Waals surface area contributed by atoms with E-state index in [9.17, 15) is 23.8 Å². The summed E-state index contributed by atoms with van der Waals surface area (Å²) in [5.41, 5.74) is 1.35. The van der Waals surface area contributed by atoms with E-state index in [1.54, 1.807) is 37.4 Å². The van der Waals surface area contributed by atoms with Gasteiger partial charge in [0.15, 0.2) is 0 Å². The standard InChI is InChI=1S/C24H19F2N3O3/c1-28(14-15-6-8-16(25)9-7-15)24(32)18-12-17(22(30)13-23(18)31)20-10-11-27-29(20)21-5-3-2-4-19(21)26/h2-13,30-31H,14H2,1H3.